The minimum absolute atomic E-state index is 0.289. The van der Waals surface area contributed by atoms with Crippen molar-refractivity contribution in [3.63, 3.8) is 0 Å². The van der Waals surface area contributed by atoms with Crippen molar-refractivity contribution in [2.45, 2.75) is 45.1 Å². The van der Waals surface area contributed by atoms with E-state index >= 15 is 0 Å². The second kappa shape index (κ2) is 4.95. The maximum atomic E-state index is 12.7. The summed E-state index contributed by atoms with van der Waals surface area (Å²) in [4.78, 5) is 3.73. The zero-order valence-electron chi connectivity index (χ0n) is 12.7. The normalized spacial score (nSPS) is 20.2. The fourth-order valence-corrected chi connectivity index (χ4v) is 1.95. The van der Waals surface area contributed by atoms with Crippen LogP contribution in [0.25, 0.3) is 0 Å². The van der Waals surface area contributed by atoms with E-state index in [4.69, 9.17) is 20.5 Å². The number of pyridine rings is 1. The molecule has 2 rings (SSSR count). The fourth-order valence-electron chi connectivity index (χ4n) is 1.95. The highest BCUT2D eigenvalue weighted by Gasteiger charge is 2.52. The van der Waals surface area contributed by atoms with Gasteiger partial charge in [0.05, 0.1) is 11.2 Å². The number of rotatable bonds is 2. The van der Waals surface area contributed by atoms with Gasteiger partial charge in [-0.1, -0.05) is 0 Å². The van der Waals surface area contributed by atoms with E-state index in [1.165, 1.54) is 6.20 Å². The summed E-state index contributed by atoms with van der Waals surface area (Å²) in [6.45, 7) is 7.32. The lowest BCUT2D eigenvalue weighted by Crippen LogP contribution is -2.41. The van der Waals surface area contributed by atoms with Crippen LogP contribution < -0.4 is 11.2 Å². The zero-order chi connectivity index (χ0) is 16.9. The van der Waals surface area contributed by atoms with E-state index in [1.54, 1.807) is 0 Å². The molecule has 0 spiro atoms. The van der Waals surface area contributed by atoms with Crippen LogP contribution >= 0.6 is 0 Å². The van der Waals surface area contributed by atoms with Crippen molar-refractivity contribution in [3.8, 4) is 0 Å². The van der Waals surface area contributed by atoms with Gasteiger partial charge in [-0.3, -0.25) is 5.41 Å². The Labute approximate surface area is 126 Å². The summed E-state index contributed by atoms with van der Waals surface area (Å²) in [6, 6.07) is 1.14. The SMILES string of the molecule is CC1(C)OB(c2cnc(N)c(C(=N)C(F)(F)F)c2)OC1(C)C. The van der Waals surface area contributed by atoms with E-state index in [2.05, 4.69) is 4.98 Å². The topological polar surface area (TPSA) is 81.2 Å². The van der Waals surface area contributed by atoms with Gasteiger partial charge in [0.1, 0.15) is 11.5 Å². The molecule has 5 nitrogen and oxygen atoms in total. The minimum atomic E-state index is -4.80. The van der Waals surface area contributed by atoms with Crippen LogP contribution in [0.5, 0.6) is 0 Å². The van der Waals surface area contributed by atoms with Crippen LogP contribution in [0.15, 0.2) is 12.3 Å². The van der Waals surface area contributed by atoms with E-state index in [0.29, 0.717) is 0 Å². The van der Waals surface area contributed by atoms with Gasteiger partial charge >= 0.3 is 13.3 Å². The highest BCUT2D eigenvalue weighted by atomic mass is 19.4. The largest absolute Gasteiger partial charge is 0.496 e. The first-order chi connectivity index (χ1) is 9.85. The van der Waals surface area contributed by atoms with Crippen LogP contribution in [-0.2, 0) is 9.31 Å². The number of alkyl halides is 3. The summed E-state index contributed by atoms with van der Waals surface area (Å²) < 4.78 is 49.6. The zero-order valence-corrected chi connectivity index (χ0v) is 12.7. The summed E-state index contributed by atoms with van der Waals surface area (Å²) in [6.07, 6.45) is -3.50. The first-order valence-electron chi connectivity index (χ1n) is 6.62. The Balaban J connectivity index is 2.38. The number of aromatic nitrogens is 1. The molecule has 0 unspecified atom stereocenters. The molecule has 3 N–H and O–H groups in total. The van der Waals surface area contributed by atoms with Gasteiger partial charge in [-0.2, -0.15) is 13.2 Å². The highest BCUT2D eigenvalue weighted by Crippen LogP contribution is 2.36. The molecular weight excluding hydrogens is 298 g/mol. The third-order valence-corrected chi connectivity index (χ3v) is 4.02. The van der Waals surface area contributed by atoms with Gasteiger partial charge in [0.15, 0.2) is 0 Å². The highest BCUT2D eigenvalue weighted by molar-refractivity contribution is 6.62. The van der Waals surface area contributed by atoms with Gasteiger partial charge in [-0.25, -0.2) is 4.98 Å². The summed E-state index contributed by atoms with van der Waals surface area (Å²) in [5, 5.41) is 7.22. The molecule has 1 aliphatic rings. The summed E-state index contributed by atoms with van der Waals surface area (Å²) in [5.74, 6) is -0.359. The van der Waals surface area contributed by atoms with Crippen LogP contribution in [0.4, 0.5) is 19.0 Å². The Morgan fingerprint density at radius 3 is 2.18 bits per heavy atom. The Bertz CT molecular complexity index is 601. The molecule has 0 amide bonds. The molecule has 22 heavy (non-hydrogen) atoms. The van der Waals surface area contributed by atoms with Crippen molar-refractivity contribution in [1.29, 1.82) is 5.41 Å². The molecule has 1 aromatic heterocycles. The number of nitrogens with two attached hydrogens (primary N) is 1. The van der Waals surface area contributed by atoms with Crippen molar-refractivity contribution >= 4 is 24.1 Å². The molecule has 0 saturated carbocycles. The average molecular weight is 315 g/mol. The van der Waals surface area contributed by atoms with Gasteiger partial charge in [-0.05, 0) is 33.8 Å². The minimum Gasteiger partial charge on any atom is -0.399 e. The summed E-state index contributed by atoms with van der Waals surface area (Å²) >= 11 is 0. The molecule has 1 fully saturated rings. The Morgan fingerprint density at radius 1 is 1.23 bits per heavy atom. The maximum absolute atomic E-state index is 12.7. The monoisotopic (exact) mass is 315 g/mol. The van der Waals surface area contributed by atoms with Crippen molar-refractivity contribution in [2.75, 3.05) is 5.73 Å². The molecule has 120 valence electrons. The number of hydrogen-bond acceptors (Lipinski definition) is 5. The van der Waals surface area contributed by atoms with Gasteiger partial charge in [0.25, 0.3) is 0 Å². The smallest absolute Gasteiger partial charge is 0.399 e. The van der Waals surface area contributed by atoms with Gasteiger partial charge in [0.2, 0.25) is 0 Å². The van der Waals surface area contributed by atoms with E-state index in [1.807, 2.05) is 27.7 Å². The molecular formula is C13H17BF3N3O2. The molecule has 0 aliphatic carbocycles. The first kappa shape index (κ1) is 16.8. The van der Waals surface area contributed by atoms with Crippen LogP contribution in [-0.4, -0.2) is 35.2 Å². The molecule has 1 saturated heterocycles. The molecule has 0 bridgehead atoms. The lowest BCUT2D eigenvalue weighted by molar-refractivity contribution is -0.0587. The Morgan fingerprint density at radius 2 is 1.73 bits per heavy atom. The maximum Gasteiger partial charge on any atom is 0.496 e. The third kappa shape index (κ3) is 2.82. The predicted molar refractivity (Wildman–Crippen MR) is 77.2 cm³/mol. The van der Waals surface area contributed by atoms with Crippen molar-refractivity contribution in [1.82, 2.24) is 4.98 Å². The standard InChI is InChI=1S/C13H17BF3N3O2/c1-11(2)12(3,4)22-14(21-11)7-5-8(10(19)20-6-7)9(18)13(15,16)17/h5-6,18H,1-4H3,(H2,19,20). The van der Waals surface area contributed by atoms with Gasteiger partial charge < -0.3 is 15.0 Å². The lowest BCUT2D eigenvalue weighted by Gasteiger charge is -2.32. The fraction of sp³-hybridized carbons (Fsp3) is 0.538. The average Bonchev–Trinajstić information content (AvgIpc) is 2.57. The van der Waals surface area contributed by atoms with Crippen LogP contribution in [0.2, 0.25) is 0 Å². The number of halogens is 3. The number of nitrogens with one attached hydrogen (secondary N) is 1. The molecule has 9 heteroatoms. The molecule has 0 radical (unpaired) electrons. The number of hydrogen-bond donors (Lipinski definition) is 2. The van der Waals surface area contributed by atoms with E-state index in [0.717, 1.165) is 6.07 Å². The van der Waals surface area contributed by atoms with Crippen LogP contribution in [0.3, 0.4) is 0 Å². The number of nitrogen functional groups attached to an aromatic ring is 1. The molecule has 0 atom stereocenters. The Kier molecular flexibility index (Phi) is 3.77. The van der Waals surface area contributed by atoms with Crippen LogP contribution in [0.1, 0.15) is 33.3 Å². The molecule has 0 aromatic carbocycles. The van der Waals surface area contributed by atoms with E-state index in [9.17, 15) is 13.2 Å². The Hall–Kier alpha value is -1.61. The summed E-state index contributed by atoms with van der Waals surface area (Å²) in [5.41, 5.74) is 2.46. The molecule has 1 aromatic rings. The van der Waals surface area contributed by atoms with Crippen molar-refractivity contribution in [3.05, 3.63) is 17.8 Å². The van der Waals surface area contributed by atoms with Crippen molar-refractivity contribution < 1.29 is 22.5 Å². The van der Waals surface area contributed by atoms with E-state index in [-0.39, 0.29) is 11.3 Å². The predicted octanol–water partition coefficient (Wildman–Crippen LogP) is 1.89. The third-order valence-electron chi connectivity index (χ3n) is 4.02. The molecule has 2 heterocycles. The summed E-state index contributed by atoms with van der Waals surface area (Å²) in [7, 11) is -0.863. The number of nitrogens with zero attached hydrogens (tertiary/aromatic N) is 1. The first-order valence-corrected chi connectivity index (χ1v) is 6.62. The van der Waals surface area contributed by atoms with Crippen molar-refractivity contribution in [2.24, 2.45) is 0 Å². The number of anilines is 1. The lowest BCUT2D eigenvalue weighted by atomic mass is 9.79. The second-order valence-corrected chi connectivity index (χ2v) is 6.16. The van der Waals surface area contributed by atoms with E-state index < -0.39 is 35.8 Å². The second-order valence-electron chi connectivity index (χ2n) is 6.16. The van der Waals surface area contributed by atoms with Gasteiger partial charge in [0, 0.05) is 17.2 Å². The quantitative estimate of drug-likeness (QED) is 0.645. The van der Waals surface area contributed by atoms with Gasteiger partial charge in [-0.15, -0.1) is 0 Å². The molecule has 1 aliphatic heterocycles. The van der Waals surface area contributed by atoms with Crippen LogP contribution in [0, 0.1) is 5.41 Å².